The van der Waals surface area contributed by atoms with Crippen LogP contribution in [0.15, 0.2) is 18.3 Å². The van der Waals surface area contributed by atoms with Crippen LogP contribution in [0.3, 0.4) is 0 Å². The van der Waals surface area contributed by atoms with E-state index >= 15 is 0 Å². The van der Waals surface area contributed by atoms with Crippen molar-refractivity contribution in [3.63, 3.8) is 0 Å². The first kappa shape index (κ1) is 10.3. The molecule has 16 heavy (non-hydrogen) atoms. The van der Waals surface area contributed by atoms with Gasteiger partial charge in [-0.3, -0.25) is 0 Å². The lowest BCUT2D eigenvalue weighted by atomic mass is 10.1. The Morgan fingerprint density at radius 1 is 1.50 bits per heavy atom. The smallest absolute Gasteiger partial charge is 0.150 e. The molecule has 2 aromatic rings. The van der Waals surface area contributed by atoms with E-state index in [9.17, 15) is 0 Å². The van der Waals surface area contributed by atoms with Gasteiger partial charge in [-0.25, -0.2) is 4.98 Å². The van der Waals surface area contributed by atoms with Gasteiger partial charge in [0.15, 0.2) is 0 Å². The summed E-state index contributed by atoms with van der Waals surface area (Å²) in [6.07, 6.45) is 4.03. The Balaban J connectivity index is 2.06. The van der Waals surface area contributed by atoms with Gasteiger partial charge in [-0.2, -0.15) is 0 Å². The van der Waals surface area contributed by atoms with Crippen LogP contribution in [0.5, 0.6) is 0 Å². The summed E-state index contributed by atoms with van der Waals surface area (Å²) in [6.45, 7) is 0.861. The number of hydrogen-bond donors (Lipinski definition) is 1. The van der Waals surface area contributed by atoms with Crippen molar-refractivity contribution in [1.29, 1.82) is 0 Å². The van der Waals surface area contributed by atoms with Crippen molar-refractivity contribution in [2.45, 2.75) is 25.4 Å². The lowest BCUT2D eigenvalue weighted by Gasteiger charge is -2.21. The predicted octanol–water partition coefficient (Wildman–Crippen LogP) is 2.54. The third kappa shape index (κ3) is 1.67. The third-order valence-electron chi connectivity index (χ3n) is 2.92. The summed E-state index contributed by atoms with van der Waals surface area (Å²) in [5.41, 5.74) is 7.27. The van der Waals surface area contributed by atoms with Crippen molar-refractivity contribution < 1.29 is 0 Å². The number of rotatable bonds is 1. The topological polar surface area (TPSA) is 43.8 Å². The molecule has 0 saturated heterocycles. The molecule has 0 aliphatic carbocycles. The number of halogens is 1. The second-order valence-electron chi connectivity index (χ2n) is 4.09. The standard InChI is InChI=1S/C11H12ClN3S/c12-10-4-3-9(16-10)11-14-5-8-2-1-7(13)6-15(8)11/h3-5,7H,1-2,6,13H2. The number of imidazole rings is 1. The SMILES string of the molecule is NC1CCc2cnc(-c3ccc(Cl)s3)n2C1. The van der Waals surface area contributed by atoms with Gasteiger partial charge in [-0.05, 0) is 25.0 Å². The van der Waals surface area contributed by atoms with Crippen LogP contribution in [-0.2, 0) is 13.0 Å². The zero-order valence-corrected chi connectivity index (χ0v) is 10.3. The van der Waals surface area contributed by atoms with E-state index < -0.39 is 0 Å². The quantitative estimate of drug-likeness (QED) is 0.849. The van der Waals surface area contributed by atoms with Crippen molar-refractivity contribution in [1.82, 2.24) is 9.55 Å². The number of thiophene rings is 1. The number of hydrogen-bond acceptors (Lipinski definition) is 3. The first-order valence-corrected chi connectivity index (χ1v) is 6.49. The van der Waals surface area contributed by atoms with Gasteiger partial charge in [0.05, 0.1) is 9.21 Å². The number of nitrogens with two attached hydrogens (primary N) is 1. The van der Waals surface area contributed by atoms with Crippen LogP contribution in [-0.4, -0.2) is 15.6 Å². The highest BCUT2D eigenvalue weighted by Crippen LogP contribution is 2.32. The number of fused-ring (bicyclic) bond motifs is 1. The minimum Gasteiger partial charge on any atom is -0.326 e. The molecule has 1 aliphatic rings. The summed E-state index contributed by atoms with van der Waals surface area (Å²) in [7, 11) is 0. The minimum atomic E-state index is 0.246. The summed E-state index contributed by atoms with van der Waals surface area (Å²) in [5, 5.41) is 0. The Morgan fingerprint density at radius 2 is 2.38 bits per heavy atom. The molecule has 84 valence electrons. The molecule has 0 saturated carbocycles. The van der Waals surface area contributed by atoms with Crippen molar-refractivity contribution in [3.8, 4) is 10.7 Å². The molecule has 2 aromatic heterocycles. The maximum absolute atomic E-state index is 5.99. The third-order valence-corrected chi connectivity index (χ3v) is 4.15. The number of aromatic nitrogens is 2. The largest absolute Gasteiger partial charge is 0.326 e. The van der Waals surface area contributed by atoms with Crippen LogP contribution < -0.4 is 5.73 Å². The van der Waals surface area contributed by atoms with Crippen molar-refractivity contribution in [2.75, 3.05) is 0 Å². The van der Waals surface area contributed by atoms with Crippen molar-refractivity contribution in [2.24, 2.45) is 5.73 Å². The summed E-state index contributed by atoms with van der Waals surface area (Å²) in [4.78, 5) is 5.59. The van der Waals surface area contributed by atoms with Gasteiger partial charge in [-0.15, -0.1) is 11.3 Å². The lowest BCUT2D eigenvalue weighted by Crippen LogP contribution is -2.31. The van der Waals surface area contributed by atoms with E-state index in [1.165, 1.54) is 5.69 Å². The Kier molecular flexibility index (Phi) is 2.50. The van der Waals surface area contributed by atoms with Crippen LogP contribution in [0, 0.1) is 0 Å². The number of nitrogens with zero attached hydrogens (tertiary/aromatic N) is 2. The van der Waals surface area contributed by atoms with Gasteiger partial charge in [0, 0.05) is 24.5 Å². The molecule has 0 spiro atoms. The lowest BCUT2D eigenvalue weighted by molar-refractivity contribution is 0.464. The Labute approximate surface area is 103 Å². The van der Waals surface area contributed by atoms with E-state index in [-0.39, 0.29) is 6.04 Å². The molecule has 3 nitrogen and oxygen atoms in total. The molecule has 1 atom stereocenters. The van der Waals surface area contributed by atoms with E-state index in [0.717, 1.165) is 34.4 Å². The van der Waals surface area contributed by atoms with Gasteiger partial charge in [0.2, 0.25) is 0 Å². The molecule has 2 N–H and O–H groups in total. The van der Waals surface area contributed by atoms with Crippen molar-refractivity contribution >= 4 is 22.9 Å². The van der Waals surface area contributed by atoms with E-state index in [1.54, 1.807) is 11.3 Å². The first-order chi connectivity index (χ1) is 7.74. The molecule has 1 aliphatic heterocycles. The summed E-state index contributed by atoms with van der Waals surface area (Å²) in [6, 6.07) is 4.17. The van der Waals surface area contributed by atoms with E-state index in [0.29, 0.717) is 0 Å². The molecule has 0 aromatic carbocycles. The fourth-order valence-electron chi connectivity index (χ4n) is 2.10. The summed E-state index contributed by atoms with van der Waals surface area (Å²) >= 11 is 7.51. The highest BCUT2D eigenvalue weighted by Gasteiger charge is 2.20. The summed E-state index contributed by atoms with van der Waals surface area (Å²) < 4.78 is 3.02. The van der Waals surface area contributed by atoms with E-state index in [1.807, 2.05) is 18.3 Å². The second kappa shape index (κ2) is 3.87. The molecule has 0 fully saturated rings. The number of aryl methyl sites for hydroxylation is 1. The predicted molar refractivity (Wildman–Crippen MR) is 66.8 cm³/mol. The highest BCUT2D eigenvalue weighted by molar-refractivity contribution is 7.19. The molecule has 1 unspecified atom stereocenters. The molecule has 3 rings (SSSR count). The Bertz CT molecular complexity index is 517. The molecule has 0 radical (unpaired) electrons. The highest BCUT2D eigenvalue weighted by atomic mass is 35.5. The van der Waals surface area contributed by atoms with Crippen LogP contribution >= 0.6 is 22.9 Å². The molecular weight excluding hydrogens is 242 g/mol. The van der Waals surface area contributed by atoms with Gasteiger partial charge in [0.1, 0.15) is 5.82 Å². The Hall–Kier alpha value is -0.840. The van der Waals surface area contributed by atoms with E-state index in [2.05, 4.69) is 9.55 Å². The fourth-order valence-corrected chi connectivity index (χ4v) is 3.15. The minimum absolute atomic E-state index is 0.246. The monoisotopic (exact) mass is 253 g/mol. The normalized spacial score (nSPS) is 19.8. The zero-order valence-electron chi connectivity index (χ0n) is 8.69. The van der Waals surface area contributed by atoms with Crippen LogP contribution in [0.2, 0.25) is 4.34 Å². The molecule has 0 bridgehead atoms. The van der Waals surface area contributed by atoms with Gasteiger partial charge >= 0.3 is 0 Å². The van der Waals surface area contributed by atoms with Crippen LogP contribution in [0.25, 0.3) is 10.7 Å². The van der Waals surface area contributed by atoms with Crippen molar-refractivity contribution in [3.05, 3.63) is 28.4 Å². The zero-order chi connectivity index (χ0) is 11.1. The van der Waals surface area contributed by atoms with Gasteiger partial charge in [0.25, 0.3) is 0 Å². The Morgan fingerprint density at radius 3 is 3.12 bits per heavy atom. The summed E-state index contributed by atoms with van der Waals surface area (Å²) in [5.74, 6) is 1.00. The average molecular weight is 254 g/mol. The van der Waals surface area contributed by atoms with E-state index in [4.69, 9.17) is 17.3 Å². The fraction of sp³-hybridized carbons (Fsp3) is 0.364. The molecular formula is C11H12ClN3S. The first-order valence-electron chi connectivity index (χ1n) is 5.30. The maximum atomic E-state index is 5.99. The molecule has 5 heteroatoms. The van der Waals surface area contributed by atoms with Gasteiger partial charge in [-0.1, -0.05) is 11.6 Å². The van der Waals surface area contributed by atoms with Gasteiger partial charge < -0.3 is 10.3 Å². The second-order valence-corrected chi connectivity index (χ2v) is 5.80. The molecule has 3 heterocycles. The van der Waals surface area contributed by atoms with Crippen LogP contribution in [0.1, 0.15) is 12.1 Å². The molecule has 0 amide bonds. The maximum Gasteiger partial charge on any atom is 0.150 e. The average Bonchev–Trinajstić information content (AvgIpc) is 2.83. The van der Waals surface area contributed by atoms with Crippen LogP contribution in [0.4, 0.5) is 0 Å².